The lowest BCUT2D eigenvalue weighted by Gasteiger charge is -2.39. The van der Waals surface area contributed by atoms with Crippen molar-refractivity contribution >= 4 is 17.0 Å². The van der Waals surface area contributed by atoms with E-state index < -0.39 is 12.7 Å². The predicted octanol–water partition coefficient (Wildman–Crippen LogP) is 4.37. The molecule has 0 aliphatic carbocycles. The Balaban J connectivity index is 1.25. The number of aryl methyl sites for hydroxylation is 1. The number of fused-ring (bicyclic) bond motifs is 4. The minimum atomic E-state index is -0.835. The van der Waals surface area contributed by atoms with Gasteiger partial charge in [-0.25, -0.2) is 9.78 Å². The lowest BCUT2D eigenvalue weighted by Crippen LogP contribution is -2.48. The number of hydrogen-bond acceptors (Lipinski definition) is 7. The molecule has 2 aromatic heterocycles. The number of piperidine rings is 2. The number of ether oxygens (including phenoxy) is 1. The topological polar surface area (TPSA) is 108 Å². The second-order valence-electron chi connectivity index (χ2n) is 11.6. The van der Waals surface area contributed by atoms with Gasteiger partial charge in [-0.3, -0.25) is 4.79 Å². The molecule has 2 fully saturated rings. The molecule has 2 saturated heterocycles. The Bertz CT molecular complexity index is 1520. The van der Waals surface area contributed by atoms with E-state index in [0.717, 1.165) is 40.6 Å². The normalized spacial score (nSPS) is 18.4. The first-order chi connectivity index (χ1) is 19.9. The monoisotopic (exact) mass is 560 g/mol. The van der Waals surface area contributed by atoms with Crippen molar-refractivity contribution in [2.75, 3.05) is 26.2 Å². The van der Waals surface area contributed by atoms with Crippen LogP contribution in [0.5, 0.6) is 5.75 Å². The molecular weight excluding hydrogens is 520 g/mol. The smallest absolute Gasteiger partial charge is 0.410 e. The highest BCUT2D eigenvalue weighted by atomic mass is 16.6. The average Bonchev–Trinajstić information content (AvgIpc) is 3.38. The number of amides is 1. The number of nitrogens with zero attached hydrogens (tertiary/aromatic N) is 4. The molecule has 6 rings (SSSR count). The van der Waals surface area contributed by atoms with Crippen molar-refractivity contribution in [2.45, 2.75) is 84.1 Å². The summed E-state index contributed by atoms with van der Waals surface area (Å²) in [6.45, 7) is 7.59. The number of aliphatic hydroxyl groups is 2. The van der Waals surface area contributed by atoms with Gasteiger partial charge in [-0.2, -0.15) is 0 Å². The van der Waals surface area contributed by atoms with Gasteiger partial charge in [0.05, 0.1) is 36.2 Å². The summed E-state index contributed by atoms with van der Waals surface area (Å²) in [6.07, 6.45) is 5.84. The van der Waals surface area contributed by atoms with Crippen molar-refractivity contribution in [3.05, 3.63) is 56.9 Å². The van der Waals surface area contributed by atoms with Gasteiger partial charge in [0.1, 0.15) is 5.75 Å². The summed E-state index contributed by atoms with van der Waals surface area (Å²) in [4.78, 5) is 35.8. The van der Waals surface area contributed by atoms with Gasteiger partial charge in [0.15, 0.2) is 0 Å². The Kier molecular flexibility index (Phi) is 7.85. The summed E-state index contributed by atoms with van der Waals surface area (Å²) in [5.41, 5.74) is 4.53. The molecule has 41 heavy (non-hydrogen) atoms. The van der Waals surface area contributed by atoms with Crippen molar-refractivity contribution < 1.29 is 19.7 Å². The van der Waals surface area contributed by atoms with Crippen molar-refractivity contribution in [3.8, 4) is 17.1 Å². The fourth-order valence-corrected chi connectivity index (χ4v) is 6.96. The third-order valence-electron chi connectivity index (χ3n) is 9.26. The number of pyridine rings is 2. The van der Waals surface area contributed by atoms with Crippen LogP contribution in [-0.2, 0) is 19.6 Å². The first-order valence-electron chi connectivity index (χ1n) is 15.2. The van der Waals surface area contributed by atoms with E-state index in [4.69, 9.17) is 9.72 Å². The van der Waals surface area contributed by atoms with Crippen molar-refractivity contribution in [1.29, 1.82) is 0 Å². The van der Waals surface area contributed by atoms with E-state index >= 15 is 0 Å². The summed E-state index contributed by atoms with van der Waals surface area (Å²) in [7, 11) is 0. The summed E-state index contributed by atoms with van der Waals surface area (Å²) < 4.78 is 7.50. The minimum Gasteiger partial charge on any atom is -0.410 e. The highest BCUT2D eigenvalue weighted by molar-refractivity contribution is 5.89. The molecule has 2 N–H and O–H groups in total. The van der Waals surface area contributed by atoms with Gasteiger partial charge in [-0.1, -0.05) is 20.3 Å². The maximum absolute atomic E-state index is 13.3. The number of rotatable bonds is 6. The highest BCUT2D eigenvalue weighted by Crippen LogP contribution is 2.38. The molecule has 3 aliphatic heterocycles. The first-order valence-corrected chi connectivity index (χ1v) is 15.2. The fraction of sp³-hybridized carbons (Fsp3) is 0.531. The lowest BCUT2D eigenvalue weighted by molar-refractivity contribution is 0.0878. The summed E-state index contributed by atoms with van der Waals surface area (Å²) in [6, 6.07) is 7.90. The molecule has 1 amide bonds. The Morgan fingerprint density at radius 1 is 1.07 bits per heavy atom. The van der Waals surface area contributed by atoms with E-state index in [2.05, 4.69) is 11.8 Å². The van der Waals surface area contributed by atoms with Crippen molar-refractivity contribution in [2.24, 2.45) is 0 Å². The van der Waals surface area contributed by atoms with Crippen LogP contribution in [0.2, 0.25) is 0 Å². The number of carbonyl (C=O) groups excluding carboxylic acids is 1. The molecule has 5 heterocycles. The second-order valence-corrected chi connectivity index (χ2v) is 11.6. The maximum atomic E-state index is 13.3. The quantitative estimate of drug-likeness (QED) is 0.361. The van der Waals surface area contributed by atoms with E-state index in [1.54, 1.807) is 16.7 Å². The largest absolute Gasteiger partial charge is 0.415 e. The molecule has 1 aromatic carbocycles. The van der Waals surface area contributed by atoms with E-state index in [9.17, 15) is 19.8 Å². The number of benzene rings is 1. The zero-order valence-corrected chi connectivity index (χ0v) is 24.1. The van der Waals surface area contributed by atoms with Gasteiger partial charge in [0, 0.05) is 35.6 Å². The Morgan fingerprint density at radius 2 is 1.83 bits per heavy atom. The fourth-order valence-electron chi connectivity index (χ4n) is 6.96. The number of hydrogen-bond donors (Lipinski definition) is 2. The molecule has 1 unspecified atom stereocenters. The van der Waals surface area contributed by atoms with Gasteiger partial charge < -0.3 is 29.3 Å². The highest BCUT2D eigenvalue weighted by Gasteiger charge is 2.30. The van der Waals surface area contributed by atoms with E-state index in [1.165, 1.54) is 32.4 Å². The van der Waals surface area contributed by atoms with Crippen LogP contribution in [0.4, 0.5) is 4.79 Å². The van der Waals surface area contributed by atoms with Crippen LogP contribution in [0.3, 0.4) is 0 Å². The van der Waals surface area contributed by atoms with Gasteiger partial charge in [-0.05, 0) is 87.0 Å². The van der Waals surface area contributed by atoms with Gasteiger partial charge in [0.2, 0.25) is 0 Å². The molecular formula is C32H40N4O5. The van der Waals surface area contributed by atoms with E-state index in [1.807, 2.05) is 24.0 Å². The molecule has 0 spiro atoms. The summed E-state index contributed by atoms with van der Waals surface area (Å²) in [5, 5.41) is 21.4. The number of aromatic nitrogens is 2. The second kappa shape index (κ2) is 11.5. The van der Waals surface area contributed by atoms with E-state index in [-0.39, 0.29) is 17.2 Å². The molecule has 0 radical (unpaired) electrons. The predicted molar refractivity (Wildman–Crippen MR) is 157 cm³/mol. The van der Waals surface area contributed by atoms with Crippen molar-refractivity contribution in [1.82, 2.24) is 19.4 Å². The zero-order chi connectivity index (χ0) is 28.7. The van der Waals surface area contributed by atoms with Gasteiger partial charge in [0.25, 0.3) is 5.56 Å². The SMILES string of the molecule is CCc1c2c(nc3ccc(OC(=O)N4CCC(N5CCCCC5)CC4)cc13)-c1cc(C(O)CC)c(CO)c(=O)n1C2. The molecule has 9 nitrogen and oxygen atoms in total. The van der Waals surface area contributed by atoms with Crippen molar-refractivity contribution in [3.63, 3.8) is 0 Å². The Morgan fingerprint density at radius 3 is 2.51 bits per heavy atom. The zero-order valence-electron chi connectivity index (χ0n) is 24.1. The Labute approximate surface area is 240 Å². The number of carbonyl (C=O) groups is 1. The van der Waals surface area contributed by atoms with Crippen LogP contribution in [0.25, 0.3) is 22.3 Å². The molecule has 0 bridgehead atoms. The maximum Gasteiger partial charge on any atom is 0.415 e. The molecule has 3 aliphatic rings. The molecule has 218 valence electrons. The number of aliphatic hydroxyl groups excluding tert-OH is 2. The molecule has 0 saturated carbocycles. The van der Waals surface area contributed by atoms with Crippen LogP contribution in [0.1, 0.15) is 80.7 Å². The standard InChI is InChI=1S/C32H40N4O5/c1-3-22-23-16-21(41-32(40)35-14-10-20(11-15-35)34-12-6-5-7-13-34)8-9-27(23)33-30-25(22)18-36-28(30)17-24(29(38)4-2)26(19-37)31(36)39/h8-9,16-17,20,29,37-38H,3-7,10-15,18-19H2,1-2H3. The van der Waals surface area contributed by atoms with Gasteiger partial charge in [-0.15, -0.1) is 0 Å². The first kappa shape index (κ1) is 27.9. The minimum absolute atomic E-state index is 0.229. The van der Waals surface area contributed by atoms with Crippen LogP contribution in [-0.4, -0.2) is 67.9 Å². The molecule has 1 atom stereocenters. The van der Waals surface area contributed by atoms with Crippen LogP contribution in [0, 0.1) is 0 Å². The third-order valence-corrected chi connectivity index (χ3v) is 9.26. The number of likely N-dealkylation sites (tertiary alicyclic amines) is 2. The summed E-state index contributed by atoms with van der Waals surface area (Å²) in [5.74, 6) is 0.487. The van der Waals surface area contributed by atoms with Gasteiger partial charge >= 0.3 is 6.09 Å². The third kappa shape index (κ3) is 5.04. The molecule has 9 heteroatoms. The van der Waals surface area contributed by atoms with Crippen LogP contribution in [0.15, 0.2) is 29.1 Å². The van der Waals surface area contributed by atoms with Crippen LogP contribution < -0.4 is 10.3 Å². The van der Waals surface area contributed by atoms with Crippen LogP contribution >= 0.6 is 0 Å². The lowest BCUT2D eigenvalue weighted by atomic mass is 9.97. The summed E-state index contributed by atoms with van der Waals surface area (Å²) >= 11 is 0. The average molecular weight is 561 g/mol. The molecule has 3 aromatic rings. The Hall–Kier alpha value is -3.27. The van der Waals surface area contributed by atoms with E-state index in [0.29, 0.717) is 55.5 Å².